The molecule has 2 rings (SSSR count). The molecule has 5 heteroatoms. The normalized spacial score (nSPS) is 12.1. The number of hydrogen-bond acceptors (Lipinski definition) is 4. The molecule has 16 heavy (non-hydrogen) atoms. The number of nitrogens with zero attached hydrogens (tertiary/aromatic N) is 3. The minimum Gasteiger partial charge on any atom is -0.374 e. The van der Waals surface area contributed by atoms with Gasteiger partial charge in [-0.1, -0.05) is 11.6 Å². The maximum absolute atomic E-state index is 5.95. The summed E-state index contributed by atoms with van der Waals surface area (Å²) in [6.07, 6.45) is 6.69. The standard InChI is InChI=1S/C11H11ClN4/c1-8(10-7-13-5-6-14-10)16-9-3-2-4-15-11(9)12/h2-8,16H,1H3. The van der Waals surface area contributed by atoms with Gasteiger partial charge in [0.2, 0.25) is 0 Å². The molecule has 82 valence electrons. The van der Waals surface area contributed by atoms with Gasteiger partial charge in [-0.05, 0) is 19.1 Å². The molecule has 2 aromatic rings. The number of halogens is 1. The van der Waals surface area contributed by atoms with E-state index in [-0.39, 0.29) is 6.04 Å². The smallest absolute Gasteiger partial charge is 0.152 e. The van der Waals surface area contributed by atoms with Gasteiger partial charge in [-0.2, -0.15) is 0 Å². The third-order valence-corrected chi connectivity index (χ3v) is 2.46. The molecule has 0 radical (unpaired) electrons. The molecule has 0 amide bonds. The zero-order chi connectivity index (χ0) is 11.4. The molecule has 0 spiro atoms. The van der Waals surface area contributed by atoms with Crippen LogP contribution in [-0.2, 0) is 0 Å². The van der Waals surface area contributed by atoms with Gasteiger partial charge in [-0.15, -0.1) is 0 Å². The van der Waals surface area contributed by atoms with Gasteiger partial charge in [-0.3, -0.25) is 9.97 Å². The predicted molar refractivity (Wildman–Crippen MR) is 63.3 cm³/mol. The topological polar surface area (TPSA) is 50.7 Å². The van der Waals surface area contributed by atoms with E-state index in [0.29, 0.717) is 5.15 Å². The van der Waals surface area contributed by atoms with Gasteiger partial charge in [0, 0.05) is 18.6 Å². The quantitative estimate of drug-likeness (QED) is 0.830. The van der Waals surface area contributed by atoms with Gasteiger partial charge in [0.1, 0.15) is 0 Å². The van der Waals surface area contributed by atoms with Crippen LogP contribution >= 0.6 is 11.6 Å². The van der Waals surface area contributed by atoms with Crippen LogP contribution < -0.4 is 5.32 Å². The lowest BCUT2D eigenvalue weighted by Gasteiger charge is -2.14. The molecule has 0 aliphatic rings. The van der Waals surface area contributed by atoms with Crippen LogP contribution in [-0.4, -0.2) is 15.0 Å². The minimum absolute atomic E-state index is 0.0374. The van der Waals surface area contributed by atoms with E-state index in [1.807, 2.05) is 19.1 Å². The Labute approximate surface area is 98.7 Å². The van der Waals surface area contributed by atoms with Gasteiger partial charge >= 0.3 is 0 Å². The molecule has 1 N–H and O–H groups in total. The van der Waals surface area contributed by atoms with Gasteiger partial charge in [0.05, 0.1) is 23.6 Å². The van der Waals surface area contributed by atoms with Gasteiger partial charge in [-0.25, -0.2) is 4.98 Å². The first kappa shape index (κ1) is 10.8. The Morgan fingerprint density at radius 3 is 2.81 bits per heavy atom. The Balaban J connectivity index is 2.14. The number of nitrogens with one attached hydrogen (secondary N) is 1. The molecule has 2 aromatic heterocycles. The van der Waals surface area contributed by atoms with Crippen molar-refractivity contribution >= 4 is 17.3 Å². The Bertz CT molecular complexity index is 461. The highest BCUT2D eigenvalue weighted by Crippen LogP contribution is 2.22. The van der Waals surface area contributed by atoms with Crippen LogP contribution in [0.15, 0.2) is 36.9 Å². The molecular weight excluding hydrogens is 224 g/mol. The van der Waals surface area contributed by atoms with Crippen molar-refractivity contribution < 1.29 is 0 Å². The predicted octanol–water partition coefficient (Wildman–Crippen LogP) is 2.70. The maximum atomic E-state index is 5.95. The second kappa shape index (κ2) is 4.90. The number of anilines is 1. The molecule has 0 fully saturated rings. The molecule has 1 atom stereocenters. The fourth-order valence-corrected chi connectivity index (χ4v) is 1.51. The second-order valence-electron chi connectivity index (χ2n) is 3.34. The summed E-state index contributed by atoms with van der Waals surface area (Å²) < 4.78 is 0. The summed E-state index contributed by atoms with van der Waals surface area (Å²) in [6.45, 7) is 1.99. The molecule has 0 aliphatic heterocycles. The van der Waals surface area contributed by atoms with Crippen LogP contribution in [0.3, 0.4) is 0 Å². The van der Waals surface area contributed by atoms with Crippen molar-refractivity contribution in [1.29, 1.82) is 0 Å². The summed E-state index contributed by atoms with van der Waals surface area (Å²) in [7, 11) is 0. The van der Waals surface area contributed by atoms with Crippen LogP contribution in [0.2, 0.25) is 5.15 Å². The van der Waals surface area contributed by atoms with E-state index in [4.69, 9.17) is 11.6 Å². The summed E-state index contributed by atoms with van der Waals surface area (Å²) in [6, 6.07) is 3.75. The van der Waals surface area contributed by atoms with Crippen molar-refractivity contribution in [2.75, 3.05) is 5.32 Å². The Hall–Kier alpha value is -1.68. The van der Waals surface area contributed by atoms with Crippen molar-refractivity contribution in [3.05, 3.63) is 47.8 Å². The van der Waals surface area contributed by atoms with E-state index >= 15 is 0 Å². The maximum Gasteiger partial charge on any atom is 0.152 e. The lowest BCUT2D eigenvalue weighted by Crippen LogP contribution is -2.09. The molecule has 0 aromatic carbocycles. The lowest BCUT2D eigenvalue weighted by molar-refractivity contribution is 0.826. The van der Waals surface area contributed by atoms with E-state index in [0.717, 1.165) is 11.4 Å². The monoisotopic (exact) mass is 234 g/mol. The number of aromatic nitrogens is 3. The van der Waals surface area contributed by atoms with Crippen molar-refractivity contribution in [3.63, 3.8) is 0 Å². The lowest BCUT2D eigenvalue weighted by atomic mass is 10.2. The average Bonchev–Trinajstić information content (AvgIpc) is 2.33. The van der Waals surface area contributed by atoms with Gasteiger partial charge < -0.3 is 5.32 Å². The molecule has 4 nitrogen and oxygen atoms in total. The third-order valence-electron chi connectivity index (χ3n) is 2.16. The molecule has 0 saturated carbocycles. The highest BCUT2D eigenvalue weighted by atomic mass is 35.5. The van der Waals surface area contributed by atoms with Crippen LogP contribution in [0.25, 0.3) is 0 Å². The summed E-state index contributed by atoms with van der Waals surface area (Å²) >= 11 is 5.95. The summed E-state index contributed by atoms with van der Waals surface area (Å²) in [4.78, 5) is 12.2. The highest BCUT2D eigenvalue weighted by molar-refractivity contribution is 6.31. The van der Waals surface area contributed by atoms with Crippen molar-refractivity contribution in [3.8, 4) is 0 Å². The average molecular weight is 235 g/mol. The molecule has 2 heterocycles. The van der Waals surface area contributed by atoms with Crippen molar-refractivity contribution in [2.24, 2.45) is 0 Å². The second-order valence-corrected chi connectivity index (χ2v) is 3.70. The fourth-order valence-electron chi connectivity index (χ4n) is 1.34. The van der Waals surface area contributed by atoms with Gasteiger partial charge in [0.15, 0.2) is 5.15 Å². The van der Waals surface area contributed by atoms with E-state index < -0.39 is 0 Å². The summed E-state index contributed by atoms with van der Waals surface area (Å²) in [5.74, 6) is 0. The first-order valence-electron chi connectivity index (χ1n) is 4.90. The fraction of sp³-hybridized carbons (Fsp3) is 0.182. The minimum atomic E-state index is 0.0374. The van der Waals surface area contributed by atoms with Crippen LogP contribution in [0.5, 0.6) is 0 Å². The van der Waals surface area contributed by atoms with E-state index in [9.17, 15) is 0 Å². The van der Waals surface area contributed by atoms with E-state index in [1.54, 1.807) is 24.8 Å². The number of hydrogen-bond donors (Lipinski definition) is 1. The third kappa shape index (κ3) is 2.46. The highest BCUT2D eigenvalue weighted by Gasteiger charge is 2.08. The Morgan fingerprint density at radius 2 is 2.12 bits per heavy atom. The van der Waals surface area contributed by atoms with Crippen LogP contribution in [0.1, 0.15) is 18.7 Å². The summed E-state index contributed by atoms with van der Waals surface area (Å²) in [5, 5.41) is 3.69. The number of pyridine rings is 1. The molecule has 0 bridgehead atoms. The van der Waals surface area contributed by atoms with E-state index in [1.165, 1.54) is 0 Å². The summed E-state index contributed by atoms with van der Waals surface area (Å²) in [5.41, 5.74) is 1.66. The van der Waals surface area contributed by atoms with Crippen molar-refractivity contribution in [1.82, 2.24) is 15.0 Å². The van der Waals surface area contributed by atoms with Crippen LogP contribution in [0, 0.1) is 0 Å². The zero-order valence-corrected chi connectivity index (χ0v) is 9.52. The van der Waals surface area contributed by atoms with E-state index in [2.05, 4.69) is 20.3 Å². The Morgan fingerprint density at radius 1 is 1.25 bits per heavy atom. The molecule has 1 unspecified atom stereocenters. The molecule has 0 aliphatic carbocycles. The molecule has 0 saturated heterocycles. The Kier molecular flexibility index (Phi) is 3.31. The SMILES string of the molecule is CC(Nc1cccnc1Cl)c1cnccn1. The largest absolute Gasteiger partial charge is 0.374 e. The van der Waals surface area contributed by atoms with Crippen molar-refractivity contribution in [2.45, 2.75) is 13.0 Å². The zero-order valence-electron chi connectivity index (χ0n) is 8.76. The first-order valence-corrected chi connectivity index (χ1v) is 5.28. The molecular formula is C11H11ClN4. The van der Waals surface area contributed by atoms with Crippen LogP contribution in [0.4, 0.5) is 5.69 Å². The first-order chi connectivity index (χ1) is 7.77. The number of rotatable bonds is 3. The van der Waals surface area contributed by atoms with Gasteiger partial charge in [0.25, 0.3) is 0 Å².